The highest BCUT2D eigenvalue weighted by molar-refractivity contribution is 5.37. The van der Waals surface area contributed by atoms with Gasteiger partial charge in [0.15, 0.2) is 0 Å². The van der Waals surface area contributed by atoms with Crippen molar-refractivity contribution in [2.24, 2.45) is 0 Å². The van der Waals surface area contributed by atoms with Gasteiger partial charge in [0, 0.05) is 5.56 Å². The Bertz CT molecular complexity index is 360. The van der Waals surface area contributed by atoms with Gasteiger partial charge in [-0.1, -0.05) is 63.5 Å². The molecule has 0 amide bonds. The number of benzene rings is 1. The zero-order chi connectivity index (χ0) is 14.1. The molecular weight excluding hydrogens is 236 g/mol. The van der Waals surface area contributed by atoms with Crippen molar-refractivity contribution in [2.45, 2.75) is 71.3 Å². The highest BCUT2D eigenvalue weighted by atomic mass is 16.3. The Hall–Kier alpha value is -1.02. The smallest absolute Gasteiger partial charge is 0.121 e. The van der Waals surface area contributed by atoms with Crippen molar-refractivity contribution in [1.82, 2.24) is 0 Å². The number of phenolic OH excluding ortho intramolecular Hbond substituents is 1. The van der Waals surface area contributed by atoms with E-state index in [2.05, 4.69) is 6.92 Å². The van der Waals surface area contributed by atoms with Crippen molar-refractivity contribution < 1.29 is 10.2 Å². The lowest BCUT2D eigenvalue weighted by Crippen LogP contribution is -1.98. The van der Waals surface area contributed by atoms with Crippen LogP contribution in [-0.4, -0.2) is 10.2 Å². The molecule has 0 aliphatic carbocycles. The molecule has 108 valence electrons. The molecule has 1 atom stereocenters. The number of aromatic hydroxyl groups is 1. The number of aryl methyl sites for hydroxylation is 1. The summed E-state index contributed by atoms with van der Waals surface area (Å²) in [6.45, 7) is 4.20. The first kappa shape index (κ1) is 16.0. The Morgan fingerprint density at radius 1 is 1.00 bits per heavy atom. The van der Waals surface area contributed by atoms with Crippen LogP contribution in [0.3, 0.4) is 0 Å². The second-order valence-electron chi connectivity index (χ2n) is 5.49. The molecule has 0 aliphatic heterocycles. The van der Waals surface area contributed by atoms with Crippen LogP contribution < -0.4 is 0 Å². The van der Waals surface area contributed by atoms with Gasteiger partial charge in [0.1, 0.15) is 5.75 Å². The Kier molecular flexibility index (Phi) is 7.57. The number of hydrogen-bond acceptors (Lipinski definition) is 2. The monoisotopic (exact) mass is 264 g/mol. The van der Waals surface area contributed by atoms with E-state index < -0.39 is 6.10 Å². The van der Waals surface area contributed by atoms with Gasteiger partial charge < -0.3 is 10.2 Å². The van der Waals surface area contributed by atoms with Crippen LogP contribution in [0.4, 0.5) is 0 Å². The maximum absolute atomic E-state index is 10.1. The van der Waals surface area contributed by atoms with Gasteiger partial charge in [0.05, 0.1) is 6.10 Å². The van der Waals surface area contributed by atoms with Crippen LogP contribution in [-0.2, 0) is 0 Å². The molecule has 0 heterocycles. The van der Waals surface area contributed by atoms with E-state index >= 15 is 0 Å². The second kappa shape index (κ2) is 8.98. The molecule has 2 heteroatoms. The summed E-state index contributed by atoms with van der Waals surface area (Å²) in [5.74, 6) is 0.209. The molecule has 0 saturated heterocycles. The van der Waals surface area contributed by atoms with Crippen LogP contribution in [0.15, 0.2) is 18.2 Å². The third kappa shape index (κ3) is 6.11. The Morgan fingerprint density at radius 2 is 1.63 bits per heavy atom. The first-order chi connectivity index (χ1) is 9.15. The first-order valence-corrected chi connectivity index (χ1v) is 7.62. The van der Waals surface area contributed by atoms with Crippen LogP contribution in [0.5, 0.6) is 5.75 Å². The first-order valence-electron chi connectivity index (χ1n) is 7.62. The molecule has 0 radical (unpaired) electrons. The summed E-state index contributed by atoms with van der Waals surface area (Å²) in [7, 11) is 0. The molecule has 1 unspecified atom stereocenters. The molecule has 19 heavy (non-hydrogen) atoms. The largest absolute Gasteiger partial charge is 0.508 e. The predicted octanol–water partition coefficient (Wildman–Crippen LogP) is 4.87. The number of aliphatic hydroxyl groups is 1. The normalized spacial score (nSPS) is 12.6. The highest BCUT2D eigenvalue weighted by Crippen LogP contribution is 2.28. The maximum Gasteiger partial charge on any atom is 0.121 e. The van der Waals surface area contributed by atoms with Crippen molar-refractivity contribution in [3.8, 4) is 5.75 Å². The molecule has 2 nitrogen and oxygen atoms in total. The Labute approximate surface area is 117 Å². The number of unbranched alkanes of at least 4 members (excludes halogenated alkanes) is 6. The molecule has 1 aromatic rings. The van der Waals surface area contributed by atoms with Gasteiger partial charge in [-0.3, -0.25) is 0 Å². The molecule has 0 spiro atoms. The molecular formula is C17H28O2. The van der Waals surface area contributed by atoms with Crippen molar-refractivity contribution in [1.29, 1.82) is 0 Å². The minimum Gasteiger partial charge on any atom is -0.508 e. The minimum absolute atomic E-state index is 0.209. The molecule has 0 bridgehead atoms. The fraction of sp³-hybridized carbons (Fsp3) is 0.647. The summed E-state index contributed by atoms with van der Waals surface area (Å²) in [4.78, 5) is 0. The Morgan fingerprint density at radius 3 is 2.32 bits per heavy atom. The van der Waals surface area contributed by atoms with Crippen LogP contribution in [0, 0.1) is 6.92 Å². The maximum atomic E-state index is 10.1. The van der Waals surface area contributed by atoms with E-state index in [0.717, 1.165) is 18.4 Å². The summed E-state index contributed by atoms with van der Waals surface area (Å²) in [5.41, 5.74) is 1.75. The van der Waals surface area contributed by atoms with E-state index in [0.29, 0.717) is 5.56 Å². The number of aliphatic hydroxyl groups excluding tert-OH is 1. The van der Waals surface area contributed by atoms with E-state index in [9.17, 15) is 10.2 Å². The van der Waals surface area contributed by atoms with Crippen LogP contribution in [0.2, 0.25) is 0 Å². The second-order valence-corrected chi connectivity index (χ2v) is 5.49. The molecule has 2 N–H and O–H groups in total. The van der Waals surface area contributed by atoms with Gasteiger partial charge in [0.2, 0.25) is 0 Å². The Balaban J connectivity index is 2.23. The third-order valence-corrected chi connectivity index (χ3v) is 3.62. The highest BCUT2D eigenvalue weighted by Gasteiger charge is 2.11. The summed E-state index contributed by atoms with van der Waals surface area (Å²) in [6.07, 6.45) is 8.92. The van der Waals surface area contributed by atoms with Gasteiger partial charge in [0.25, 0.3) is 0 Å². The van der Waals surface area contributed by atoms with E-state index in [-0.39, 0.29) is 5.75 Å². The fourth-order valence-corrected chi connectivity index (χ4v) is 2.39. The van der Waals surface area contributed by atoms with E-state index in [1.54, 1.807) is 6.07 Å². The zero-order valence-corrected chi connectivity index (χ0v) is 12.4. The topological polar surface area (TPSA) is 40.5 Å². The van der Waals surface area contributed by atoms with Crippen molar-refractivity contribution >= 4 is 0 Å². The van der Waals surface area contributed by atoms with Crippen LogP contribution in [0.25, 0.3) is 0 Å². The lowest BCUT2D eigenvalue weighted by Gasteiger charge is -2.13. The molecule has 0 aromatic heterocycles. The fourth-order valence-electron chi connectivity index (χ4n) is 2.39. The van der Waals surface area contributed by atoms with Crippen molar-refractivity contribution in [3.05, 3.63) is 29.3 Å². The lowest BCUT2D eigenvalue weighted by molar-refractivity contribution is 0.159. The quantitative estimate of drug-likeness (QED) is 0.624. The summed E-state index contributed by atoms with van der Waals surface area (Å²) < 4.78 is 0. The van der Waals surface area contributed by atoms with E-state index in [1.165, 1.54) is 38.5 Å². The molecule has 0 aliphatic rings. The van der Waals surface area contributed by atoms with Gasteiger partial charge in [-0.2, -0.15) is 0 Å². The predicted molar refractivity (Wildman–Crippen MR) is 80.4 cm³/mol. The molecule has 1 aromatic carbocycles. The summed E-state index contributed by atoms with van der Waals surface area (Å²) >= 11 is 0. The average Bonchev–Trinajstić information content (AvgIpc) is 2.40. The number of rotatable bonds is 9. The average molecular weight is 264 g/mol. The van der Waals surface area contributed by atoms with Crippen molar-refractivity contribution in [2.75, 3.05) is 0 Å². The summed E-state index contributed by atoms with van der Waals surface area (Å²) in [6, 6.07) is 5.40. The number of hydrogen-bond donors (Lipinski definition) is 2. The third-order valence-electron chi connectivity index (χ3n) is 3.62. The van der Waals surface area contributed by atoms with Gasteiger partial charge in [-0.25, -0.2) is 0 Å². The van der Waals surface area contributed by atoms with Gasteiger partial charge in [-0.05, 0) is 25.5 Å². The molecule has 0 fully saturated rings. The lowest BCUT2D eigenvalue weighted by atomic mass is 9.99. The standard InChI is InChI=1S/C17H28O2/c1-3-4-5-6-7-8-9-10-16(18)15-13-14(2)11-12-17(15)19/h11-13,16,18-19H,3-10H2,1-2H3. The van der Waals surface area contributed by atoms with Crippen molar-refractivity contribution in [3.63, 3.8) is 0 Å². The van der Waals surface area contributed by atoms with E-state index in [1.807, 2.05) is 19.1 Å². The molecule has 1 rings (SSSR count). The zero-order valence-electron chi connectivity index (χ0n) is 12.4. The van der Waals surface area contributed by atoms with Crippen LogP contribution in [0.1, 0.15) is 75.5 Å². The SMILES string of the molecule is CCCCCCCCCC(O)c1cc(C)ccc1O. The summed E-state index contributed by atoms with van der Waals surface area (Å²) in [5, 5.41) is 19.9. The van der Waals surface area contributed by atoms with Crippen LogP contribution >= 0.6 is 0 Å². The number of phenols is 1. The van der Waals surface area contributed by atoms with Gasteiger partial charge >= 0.3 is 0 Å². The molecule has 0 saturated carbocycles. The van der Waals surface area contributed by atoms with E-state index in [4.69, 9.17) is 0 Å². The minimum atomic E-state index is -0.532. The van der Waals surface area contributed by atoms with Gasteiger partial charge in [-0.15, -0.1) is 0 Å².